The fourth-order valence-electron chi connectivity index (χ4n) is 8.36. The van der Waals surface area contributed by atoms with Gasteiger partial charge < -0.3 is 59.4 Å². The summed E-state index contributed by atoms with van der Waals surface area (Å²) in [5.41, 5.74) is 0.714. The van der Waals surface area contributed by atoms with Gasteiger partial charge in [-0.25, -0.2) is 0 Å². The summed E-state index contributed by atoms with van der Waals surface area (Å²) in [7, 11) is 1.53. The van der Waals surface area contributed by atoms with Crippen LogP contribution in [0.25, 0.3) is 6.08 Å². The summed E-state index contributed by atoms with van der Waals surface area (Å²) in [6.07, 6.45) is -6.55. The van der Waals surface area contributed by atoms with Crippen LogP contribution in [-0.4, -0.2) is 161 Å². The lowest BCUT2D eigenvalue weighted by Crippen LogP contribution is -2.70. The molecule has 55 heavy (non-hydrogen) atoms. The molecule has 2 amide bonds. The van der Waals surface area contributed by atoms with E-state index in [1.54, 1.807) is 12.2 Å². The number of hydrogen-bond donors (Lipinski definition) is 6. The summed E-state index contributed by atoms with van der Waals surface area (Å²) < 4.78 is 28.8. The fourth-order valence-corrected chi connectivity index (χ4v) is 8.36. The Kier molecular flexibility index (Phi) is 12.0. The third kappa shape index (κ3) is 7.42. The van der Waals surface area contributed by atoms with Crippen molar-refractivity contribution in [3.8, 4) is 0 Å². The molecule has 12 atom stereocenters. The van der Waals surface area contributed by atoms with E-state index in [9.17, 15) is 35.1 Å². The molecular weight excluding hydrogens is 722 g/mol. The number of esters is 1. The Morgan fingerprint density at radius 3 is 2.55 bits per heavy atom. The van der Waals surface area contributed by atoms with Crippen molar-refractivity contribution in [1.82, 2.24) is 15.3 Å². The van der Waals surface area contributed by atoms with Crippen LogP contribution in [-0.2, 0) is 55.9 Å². The number of nitrogens with one attached hydrogen (secondary N) is 1. The molecule has 2 aromatic rings. The van der Waals surface area contributed by atoms with Crippen molar-refractivity contribution in [2.45, 2.75) is 86.6 Å². The number of ether oxygens (including phenoxy) is 5. The standard InChI is InChI=1S/C38H47N3O14/c1-40(24(34(47)39-13-14-42)16-21-8-3-2-4-9-21)37(49)38-17-25-30-31(52-20-51-30)33(38)55-41(32(38)35(48)53-25)18-23-11-6-5-10-22(23)12-7-15-50-36-29(46)28(45)27(44)26(19-43)54-36/h2-12,24-33,36,42-46H,13-20H2,1H3,(H,39,47). The van der Waals surface area contributed by atoms with E-state index in [1.165, 1.54) is 17.0 Å². The lowest BCUT2D eigenvalue weighted by molar-refractivity contribution is -0.298. The Labute approximate surface area is 316 Å². The Balaban J connectivity index is 1.14. The van der Waals surface area contributed by atoms with E-state index in [0.29, 0.717) is 11.1 Å². The number of hydrogen-bond acceptors (Lipinski definition) is 15. The summed E-state index contributed by atoms with van der Waals surface area (Å²) in [4.78, 5) is 50.7. The van der Waals surface area contributed by atoms with Crippen LogP contribution in [0.4, 0.5) is 0 Å². The SMILES string of the molecule is CN(C(=O)C12CC3OC(=O)C1N(Cc1ccccc1C=CCOC1OC(CO)C(O)C(O)C1O)OC2C1OCOC31)C(Cc1ccccc1)C(=O)NCCO. The average Bonchev–Trinajstić information content (AvgIpc) is 3.83. The van der Waals surface area contributed by atoms with Gasteiger partial charge in [-0.3, -0.25) is 19.2 Å². The molecule has 298 valence electrons. The summed E-state index contributed by atoms with van der Waals surface area (Å²) in [6.45, 7) is -0.981. The van der Waals surface area contributed by atoms with E-state index in [0.717, 1.165) is 5.56 Å². The van der Waals surface area contributed by atoms with Crippen LogP contribution in [0, 0.1) is 5.41 Å². The summed E-state index contributed by atoms with van der Waals surface area (Å²) in [6, 6.07) is 14.3. The zero-order chi connectivity index (χ0) is 38.9. The van der Waals surface area contributed by atoms with E-state index < -0.39 is 97.0 Å². The van der Waals surface area contributed by atoms with Gasteiger partial charge in [0, 0.05) is 26.4 Å². The van der Waals surface area contributed by atoms with E-state index in [2.05, 4.69) is 5.32 Å². The van der Waals surface area contributed by atoms with Crippen molar-refractivity contribution in [3.05, 3.63) is 77.4 Å². The topological polar surface area (TPSA) is 226 Å². The van der Waals surface area contributed by atoms with Crippen LogP contribution in [0.2, 0.25) is 0 Å². The normalized spacial score (nSPS) is 34.6. The van der Waals surface area contributed by atoms with Gasteiger partial charge in [0.15, 0.2) is 12.3 Å². The van der Waals surface area contributed by atoms with Gasteiger partial charge in [0.1, 0.15) is 67.1 Å². The van der Waals surface area contributed by atoms with Crippen molar-refractivity contribution in [1.29, 1.82) is 0 Å². The van der Waals surface area contributed by atoms with Gasteiger partial charge in [-0.2, -0.15) is 5.06 Å². The molecule has 2 aromatic carbocycles. The zero-order valence-corrected chi connectivity index (χ0v) is 30.2. The van der Waals surface area contributed by atoms with Crippen molar-refractivity contribution in [3.63, 3.8) is 0 Å². The molecule has 17 nitrogen and oxygen atoms in total. The lowest BCUT2D eigenvalue weighted by Gasteiger charge is -2.50. The highest BCUT2D eigenvalue weighted by Gasteiger charge is 2.75. The number of nitrogens with zero attached hydrogens (tertiary/aromatic N) is 2. The second-order valence-electron chi connectivity index (χ2n) is 14.4. The smallest absolute Gasteiger partial charge is 0.327 e. The molecule has 17 heteroatoms. The first-order valence-electron chi connectivity index (χ1n) is 18.3. The third-order valence-electron chi connectivity index (χ3n) is 11.1. The molecule has 5 fully saturated rings. The predicted octanol–water partition coefficient (Wildman–Crippen LogP) is -1.76. The molecular formula is C38H47N3O14. The van der Waals surface area contributed by atoms with Gasteiger partial charge >= 0.3 is 5.97 Å². The van der Waals surface area contributed by atoms with Crippen molar-refractivity contribution in [2.24, 2.45) is 5.41 Å². The summed E-state index contributed by atoms with van der Waals surface area (Å²) in [5.74, 6) is -1.62. The number of hydroxylamine groups is 2. The van der Waals surface area contributed by atoms with Gasteiger partial charge in [-0.1, -0.05) is 66.7 Å². The Morgan fingerprint density at radius 2 is 1.78 bits per heavy atom. The number of aliphatic hydroxyl groups is 5. The molecule has 1 saturated carbocycles. The Morgan fingerprint density at radius 1 is 1.04 bits per heavy atom. The predicted molar refractivity (Wildman–Crippen MR) is 188 cm³/mol. The third-order valence-corrected chi connectivity index (χ3v) is 11.1. The minimum atomic E-state index is -1.57. The maximum atomic E-state index is 15.1. The number of benzene rings is 2. The first kappa shape index (κ1) is 39.4. The second kappa shape index (κ2) is 16.7. The van der Waals surface area contributed by atoms with Crippen LogP contribution in [0.3, 0.4) is 0 Å². The van der Waals surface area contributed by atoms with E-state index in [4.69, 9.17) is 28.5 Å². The monoisotopic (exact) mass is 769 g/mol. The second-order valence-corrected chi connectivity index (χ2v) is 14.4. The molecule has 4 heterocycles. The highest BCUT2D eigenvalue weighted by Crippen LogP contribution is 2.56. The van der Waals surface area contributed by atoms with Crippen molar-refractivity contribution < 1.29 is 68.4 Å². The molecule has 0 spiro atoms. The minimum absolute atomic E-state index is 0.00347. The van der Waals surface area contributed by atoms with Crippen molar-refractivity contribution >= 4 is 23.9 Å². The van der Waals surface area contributed by atoms with Gasteiger partial charge in [0.05, 0.1) is 26.4 Å². The maximum Gasteiger partial charge on any atom is 0.327 e. The molecule has 6 N–H and O–H groups in total. The summed E-state index contributed by atoms with van der Waals surface area (Å²) in [5, 5.41) is 53.5. The molecule has 1 aliphatic carbocycles. The van der Waals surface area contributed by atoms with Gasteiger partial charge in [0.25, 0.3) is 0 Å². The van der Waals surface area contributed by atoms with E-state index >= 15 is 4.79 Å². The molecule has 12 unspecified atom stereocenters. The van der Waals surface area contributed by atoms with Crippen LogP contribution in [0.5, 0.6) is 0 Å². The molecule has 0 aromatic heterocycles. The number of aliphatic hydroxyl groups excluding tert-OH is 5. The van der Waals surface area contributed by atoms with Crippen LogP contribution in [0.1, 0.15) is 23.1 Å². The number of carbonyl (C=O) groups excluding carboxylic acids is 3. The summed E-state index contributed by atoms with van der Waals surface area (Å²) >= 11 is 0. The minimum Gasteiger partial charge on any atom is -0.458 e. The molecule has 0 radical (unpaired) electrons. The molecule has 4 saturated heterocycles. The maximum absolute atomic E-state index is 15.1. The average molecular weight is 770 g/mol. The lowest BCUT2D eigenvalue weighted by atomic mass is 9.62. The number of likely N-dealkylation sites (N-methyl/N-ethyl adjacent to an activating group) is 1. The number of fused-ring (bicyclic) bond motifs is 4. The van der Waals surface area contributed by atoms with Gasteiger partial charge in [-0.15, -0.1) is 0 Å². The molecule has 4 aliphatic heterocycles. The quantitative estimate of drug-likeness (QED) is 0.117. The number of carbonyl (C=O) groups is 3. The van der Waals surface area contributed by atoms with Crippen LogP contribution in [0.15, 0.2) is 60.7 Å². The highest BCUT2D eigenvalue weighted by atomic mass is 16.8. The first-order valence-corrected chi connectivity index (χ1v) is 18.3. The van der Waals surface area contributed by atoms with Gasteiger partial charge in [-0.05, 0) is 16.7 Å². The Hall–Kier alpha value is -3.85. The zero-order valence-electron chi connectivity index (χ0n) is 30.2. The highest BCUT2D eigenvalue weighted by molar-refractivity contribution is 5.96. The fraction of sp³-hybridized carbons (Fsp3) is 0.553. The Bertz CT molecular complexity index is 1710. The number of rotatable bonds is 14. The molecule has 2 bridgehead atoms. The van der Waals surface area contributed by atoms with E-state index in [1.807, 2.05) is 54.6 Å². The molecule has 5 aliphatic rings. The van der Waals surface area contributed by atoms with Crippen LogP contribution < -0.4 is 5.32 Å². The molecule has 7 rings (SSSR count). The first-order chi connectivity index (χ1) is 26.6. The number of amides is 2. The van der Waals surface area contributed by atoms with Gasteiger partial charge in [0.2, 0.25) is 11.8 Å². The van der Waals surface area contributed by atoms with Crippen molar-refractivity contribution in [2.75, 3.05) is 40.2 Å². The largest absolute Gasteiger partial charge is 0.458 e. The van der Waals surface area contributed by atoms with Crippen LogP contribution >= 0.6 is 0 Å². The van der Waals surface area contributed by atoms with E-state index in [-0.39, 0.29) is 45.9 Å².